The van der Waals surface area contributed by atoms with Gasteiger partial charge in [0.05, 0.1) is 4.90 Å². The number of hydrogen-bond donors (Lipinski definition) is 2. The lowest BCUT2D eigenvalue weighted by Crippen LogP contribution is -2.26. The fourth-order valence-electron chi connectivity index (χ4n) is 1.08. The van der Waals surface area contributed by atoms with E-state index in [1.807, 2.05) is 0 Å². The number of nitrogens with two attached hydrogens (primary N) is 1. The average molecular weight is 303 g/mol. The summed E-state index contributed by atoms with van der Waals surface area (Å²) in [5.74, 6) is -0.688. The summed E-state index contributed by atoms with van der Waals surface area (Å²) in [6.07, 6.45) is 0.516. The predicted octanol–water partition coefficient (Wildman–Crippen LogP) is 1.53. The van der Waals surface area contributed by atoms with Gasteiger partial charge < -0.3 is 5.73 Å². The fraction of sp³-hybridized carbons (Fsp3) is 0.333. The summed E-state index contributed by atoms with van der Waals surface area (Å²) in [7, 11) is -3.71. The minimum atomic E-state index is -3.71. The lowest BCUT2D eigenvalue weighted by Gasteiger charge is -2.06. The minimum absolute atomic E-state index is 0. The van der Waals surface area contributed by atoms with Gasteiger partial charge in [-0.3, -0.25) is 0 Å². The zero-order valence-corrected chi connectivity index (χ0v) is 11.2. The maximum atomic E-state index is 13.0. The molecule has 0 saturated carbocycles. The highest BCUT2D eigenvalue weighted by atomic mass is 35.5. The standard InChI is InChI=1S/C9H12ClFN2O2S.ClH/c10-7-4-8(11)6-9(5-7)16(14,15)13-3-1-2-12;/h4-6,13H,1-3,12H2;1H. The van der Waals surface area contributed by atoms with Crippen LogP contribution in [-0.4, -0.2) is 21.5 Å². The molecule has 8 heteroatoms. The maximum Gasteiger partial charge on any atom is 0.240 e. The normalized spacial score (nSPS) is 11.0. The Morgan fingerprint density at radius 1 is 1.35 bits per heavy atom. The maximum absolute atomic E-state index is 13.0. The highest BCUT2D eigenvalue weighted by molar-refractivity contribution is 7.89. The summed E-state index contributed by atoms with van der Waals surface area (Å²) in [5, 5.41) is 0.0409. The lowest BCUT2D eigenvalue weighted by atomic mass is 10.3. The molecule has 17 heavy (non-hydrogen) atoms. The molecule has 1 aromatic carbocycles. The zero-order valence-electron chi connectivity index (χ0n) is 8.82. The topological polar surface area (TPSA) is 72.2 Å². The monoisotopic (exact) mass is 302 g/mol. The molecule has 0 spiro atoms. The zero-order chi connectivity index (χ0) is 12.2. The van der Waals surface area contributed by atoms with E-state index in [-0.39, 0.29) is 28.9 Å². The molecule has 4 nitrogen and oxygen atoms in total. The Bertz CT molecular complexity index is 448. The van der Waals surface area contributed by atoms with Gasteiger partial charge >= 0.3 is 0 Å². The highest BCUT2D eigenvalue weighted by Gasteiger charge is 2.14. The highest BCUT2D eigenvalue weighted by Crippen LogP contribution is 2.17. The van der Waals surface area contributed by atoms with Crippen molar-refractivity contribution in [2.24, 2.45) is 5.73 Å². The molecule has 0 fully saturated rings. The third-order valence-electron chi connectivity index (χ3n) is 1.82. The van der Waals surface area contributed by atoms with Crippen molar-refractivity contribution in [2.75, 3.05) is 13.1 Å². The van der Waals surface area contributed by atoms with Crippen LogP contribution in [0.1, 0.15) is 6.42 Å². The summed E-state index contributed by atoms with van der Waals surface area (Å²) in [6, 6.07) is 3.15. The quantitative estimate of drug-likeness (QED) is 0.810. The van der Waals surface area contributed by atoms with Gasteiger partial charge in [0.25, 0.3) is 0 Å². The molecule has 0 heterocycles. The molecule has 1 aromatic rings. The van der Waals surface area contributed by atoms with E-state index in [1.54, 1.807) is 0 Å². The Morgan fingerprint density at radius 3 is 2.53 bits per heavy atom. The Kier molecular flexibility index (Phi) is 6.96. The Balaban J connectivity index is 0.00000256. The minimum Gasteiger partial charge on any atom is -0.330 e. The molecular weight excluding hydrogens is 290 g/mol. The third-order valence-corrected chi connectivity index (χ3v) is 3.48. The summed E-state index contributed by atoms with van der Waals surface area (Å²) < 4.78 is 38.5. The number of nitrogens with one attached hydrogen (secondary N) is 1. The van der Waals surface area contributed by atoms with Gasteiger partial charge in [0.15, 0.2) is 0 Å². The second-order valence-corrected chi connectivity index (χ2v) is 5.35. The van der Waals surface area contributed by atoms with E-state index in [2.05, 4.69) is 4.72 Å². The van der Waals surface area contributed by atoms with Crippen LogP contribution in [0.4, 0.5) is 4.39 Å². The molecule has 0 aliphatic rings. The van der Waals surface area contributed by atoms with Crippen LogP contribution in [0.2, 0.25) is 5.02 Å². The first-order valence-corrected chi connectivity index (χ1v) is 6.47. The van der Waals surface area contributed by atoms with Crippen LogP contribution in [0.15, 0.2) is 23.1 Å². The van der Waals surface area contributed by atoms with Crippen molar-refractivity contribution in [1.29, 1.82) is 0 Å². The molecule has 0 radical (unpaired) electrons. The van der Waals surface area contributed by atoms with E-state index in [9.17, 15) is 12.8 Å². The van der Waals surface area contributed by atoms with E-state index >= 15 is 0 Å². The van der Waals surface area contributed by atoms with Gasteiger partial charge in [0.2, 0.25) is 10.0 Å². The molecule has 0 aromatic heterocycles. The van der Waals surface area contributed by atoms with E-state index in [0.717, 1.165) is 12.1 Å². The van der Waals surface area contributed by atoms with E-state index < -0.39 is 15.8 Å². The van der Waals surface area contributed by atoms with Gasteiger partial charge in [-0.1, -0.05) is 11.6 Å². The van der Waals surface area contributed by atoms with E-state index in [4.69, 9.17) is 17.3 Å². The fourth-order valence-corrected chi connectivity index (χ4v) is 2.49. The van der Waals surface area contributed by atoms with Gasteiger partial charge in [-0.15, -0.1) is 12.4 Å². The SMILES string of the molecule is Cl.NCCCNS(=O)(=O)c1cc(F)cc(Cl)c1. The first-order chi connectivity index (χ1) is 7.45. The van der Waals surface area contributed by atoms with Gasteiger partial charge in [-0.05, 0) is 31.2 Å². The molecule has 0 atom stereocenters. The molecule has 98 valence electrons. The van der Waals surface area contributed by atoms with Gasteiger partial charge in [-0.25, -0.2) is 17.5 Å². The van der Waals surface area contributed by atoms with Crippen molar-refractivity contribution >= 4 is 34.0 Å². The molecule has 0 aliphatic carbocycles. The van der Waals surface area contributed by atoms with Crippen LogP contribution in [-0.2, 0) is 10.0 Å². The van der Waals surface area contributed by atoms with E-state index in [1.165, 1.54) is 6.07 Å². The first kappa shape index (κ1) is 16.6. The average Bonchev–Trinajstić information content (AvgIpc) is 2.16. The summed E-state index contributed by atoms with van der Waals surface area (Å²) in [4.78, 5) is -0.186. The van der Waals surface area contributed by atoms with Crippen molar-refractivity contribution in [1.82, 2.24) is 4.72 Å². The molecule has 0 bridgehead atoms. The van der Waals surface area contributed by atoms with Crippen LogP contribution in [0.5, 0.6) is 0 Å². The third kappa shape index (κ3) is 5.18. The molecule has 0 unspecified atom stereocenters. The molecule has 3 N–H and O–H groups in total. The van der Waals surface area contributed by atoms with Crippen LogP contribution in [0, 0.1) is 5.82 Å². The number of hydrogen-bond acceptors (Lipinski definition) is 3. The van der Waals surface area contributed by atoms with Crippen molar-refractivity contribution < 1.29 is 12.8 Å². The van der Waals surface area contributed by atoms with Gasteiger partial charge in [0, 0.05) is 11.6 Å². The van der Waals surface area contributed by atoms with Crippen LogP contribution in [0.25, 0.3) is 0 Å². The molecule has 0 aliphatic heterocycles. The van der Waals surface area contributed by atoms with Gasteiger partial charge in [-0.2, -0.15) is 0 Å². The number of benzene rings is 1. The second kappa shape index (κ2) is 7.13. The van der Waals surface area contributed by atoms with Crippen molar-refractivity contribution in [2.45, 2.75) is 11.3 Å². The number of halogens is 3. The predicted molar refractivity (Wildman–Crippen MR) is 67.5 cm³/mol. The Morgan fingerprint density at radius 2 is 2.00 bits per heavy atom. The largest absolute Gasteiger partial charge is 0.330 e. The second-order valence-electron chi connectivity index (χ2n) is 3.15. The van der Waals surface area contributed by atoms with Gasteiger partial charge in [0.1, 0.15) is 5.82 Å². The number of sulfonamides is 1. The number of rotatable bonds is 5. The Hall–Kier alpha value is -0.400. The molecule has 0 saturated heterocycles. The summed E-state index contributed by atoms with van der Waals surface area (Å²) in [5.41, 5.74) is 5.23. The van der Waals surface area contributed by atoms with Crippen molar-refractivity contribution in [3.63, 3.8) is 0 Å². The summed E-state index contributed by atoms with van der Waals surface area (Å²) >= 11 is 5.57. The van der Waals surface area contributed by atoms with Crippen LogP contribution < -0.4 is 10.5 Å². The van der Waals surface area contributed by atoms with Crippen molar-refractivity contribution in [3.8, 4) is 0 Å². The lowest BCUT2D eigenvalue weighted by molar-refractivity contribution is 0.576. The van der Waals surface area contributed by atoms with E-state index in [0.29, 0.717) is 13.0 Å². The molecular formula is C9H13Cl2FN2O2S. The first-order valence-electron chi connectivity index (χ1n) is 4.61. The van der Waals surface area contributed by atoms with Crippen LogP contribution >= 0.6 is 24.0 Å². The molecule has 0 amide bonds. The smallest absolute Gasteiger partial charge is 0.240 e. The van der Waals surface area contributed by atoms with Crippen LogP contribution in [0.3, 0.4) is 0 Å². The summed E-state index contributed by atoms with van der Waals surface area (Å²) in [6.45, 7) is 0.597. The van der Waals surface area contributed by atoms with Crippen molar-refractivity contribution in [3.05, 3.63) is 29.0 Å². The molecule has 1 rings (SSSR count). The Labute approximate surface area is 111 Å².